The van der Waals surface area contributed by atoms with Crippen LogP contribution in [0.25, 0.3) is 11.5 Å². The molecule has 0 spiro atoms. The van der Waals surface area contributed by atoms with E-state index >= 15 is 0 Å². The van der Waals surface area contributed by atoms with Gasteiger partial charge in [0.1, 0.15) is 5.25 Å². The van der Waals surface area contributed by atoms with Crippen LogP contribution in [0, 0.1) is 0 Å². The van der Waals surface area contributed by atoms with Crippen LogP contribution in [0.5, 0.6) is 0 Å². The number of hydrogen-bond acceptors (Lipinski definition) is 5. The van der Waals surface area contributed by atoms with Crippen LogP contribution in [0.3, 0.4) is 0 Å². The van der Waals surface area contributed by atoms with E-state index in [2.05, 4.69) is 15.5 Å². The highest BCUT2D eigenvalue weighted by Gasteiger charge is 2.30. The van der Waals surface area contributed by atoms with Crippen molar-refractivity contribution in [2.75, 3.05) is 0 Å². The summed E-state index contributed by atoms with van der Waals surface area (Å²) in [5.41, 5.74) is 1.78. The van der Waals surface area contributed by atoms with E-state index in [9.17, 15) is 4.79 Å². The second kappa shape index (κ2) is 7.11. The first-order valence-corrected chi connectivity index (χ1v) is 9.08. The number of thioether (sulfide) groups is 1. The molecule has 1 saturated carbocycles. The van der Waals surface area contributed by atoms with E-state index in [0.29, 0.717) is 17.2 Å². The topological polar surface area (TPSA) is 68.0 Å². The standard InChI is InChI=1S/C19H17N3O2S/c23-17(20-15-11-12-15)16(13-7-3-1-4-8-13)25-19-22-21-18(24-19)14-9-5-2-6-10-14/h1-10,15-16H,11-12H2,(H,20,23)/t16-/m0/s1. The van der Waals surface area contributed by atoms with Crippen LogP contribution in [0.15, 0.2) is 70.3 Å². The lowest BCUT2D eigenvalue weighted by Crippen LogP contribution is -2.29. The van der Waals surface area contributed by atoms with E-state index in [-0.39, 0.29) is 5.91 Å². The lowest BCUT2D eigenvalue weighted by Gasteiger charge is -2.14. The normalized spacial score (nSPS) is 14.9. The molecule has 5 nitrogen and oxygen atoms in total. The van der Waals surface area contributed by atoms with Gasteiger partial charge in [-0.05, 0) is 42.3 Å². The van der Waals surface area contributed by atoms with Crippen LogP contribution >= 0.6 is 11.8 Å². The molecule has 1 aliphatic carbocycles. The van der Waals surface area contributed by atoms with E-state index in [4.69, 9.17) is 4.42 Å². The maximum atomic E-state index is 12.7. The van der Waals surface area contributed by atoms with Gasteiger partial charge in [0.05, 0.1) is 0 Å². The monoisotopic (exact) mass is 351 g/mol. The van der Waals surface area contributed by atoms with Crippen LogP contribution in [0.4, 0.5) is 0 Å². The molecule has 1 heterocycles. The Morgan fingerprint density at radius 1 is 1.04 bits per heavy atom. The van der Waals surface area contributed by atoms with Gasteiger partial charge in [-0.25, -0.2) is 0 Å². The van der Waals surface area contributed by atoms with Crippen LogP contribution < -0.4 is 5.32 Å². The zero-order chi connectivity index (χ0) is 17.1. The number of hydrogen-bond donors (Lipinski definition) is 1. The summed E-state index contributed by atoms with van der Waals surface area (Å²) in [4.78, 5) is 12.7. The van der Waals surface area contributed by atoms with Gasteiger partial charge in [-0.15, -0.1) is 10.2 Å². The molecule has 1 amide bonds. The first kappa shape index (κ1) is 15.9. The van der Waals surface area contributed by atoms with Gasteiger partial charge in [0.15, 0.2) is 0 Å². The molecule has 0 bridgehead atoms. The van der Waals surface area contributed by atoms with E-state index < -0.39 is 5.25 Å². The summed E-state index contributed by atoms with van der Waals surface area (Å²) >= 11 is 1.28. The molecule has 3 aromatic rings. The van der Waals surface area contributed by atoms with Crippen molar-refractivity contribution in [3.05, 3.63) is 66.2 Å². The number of nitrogens with zero attached hydrogens (tertiary/aromatic N) is 2. The maximum absolute atomic E-state index is 12.7. The number of amides is 1. The van der Waals surface area contributed by atoms with E-state index in [0.717, 1.165) is 24.0 Å². The van der Waals surface area contributed by atoms with Gasteiger partial charge >= 0.3 is 0 Å². The molecule has 1 N–H and O–H groups in total. The molecule has 1 atom stereocenters. The van der Waals surface area contributed by atoms with Crippen LogP contribution in [-0.2, 0) is 4.79 Å². The number of rotatable bonds is 6. The molecule has 1 aliphatic rings. The Morgan fingerprint density at radius 2 is 1.72 bits per heavy atom. The Morgan fingerprint density at radius 3 is 2.40 bits per heavy atom. The highest BCUT2D eigenvalue weighted by molar-refractivity contribution is 8.00. The number of nitrogens with one attached hydrogen (secondary N) is 1. The van der Waals surface area contributed by atoms with Crippen molar-refractivity contribution in [2.45, 2.75) is 29.4 Å². The molecule has 1 fully saturated rings. The summed E-state index contributed by atoms with van der Waals surface area (Å²) in [7, 11) is 0. The van der Waals surface area contributed by atoms with Crippen LogP contribution in [0.2, 0.25) is 0 Å². The van der Waals surface area contributed by atoms with Gasteiger partial charge in [-0.2, -0.15) is 0 Å². The third kappa shape index (κ3) is 3.91. The number of aromatic nitrogens is 2. The summed E-state index contributed by atoms with van der Waals surface area (Å²) in [6.07, 6.45) is 2.10. The van der Waals surface area contributed by atoms with Crippen molar-refractivity contribution in [1.29, 1.82) is 0 Å². The third-order valence-electron chi connectivity index (χ3n) is 3.91. The second-order valence-corrected chi connectivity index (χ2v) is 6.99. The lowest BCUT2D eigenvalue weighted by molar-refractivity contribution is -0.120. The van der Waals surface area contributed by atoms with Crippen LogP contribution in [-0.4, -0.2) is 22.1 Å². The van der Waals surface area contributed by atoms with Crippen molar-refractivity contribution in [1.82, 2.24) is 15.5 Å². The fourth-order valence-corrected chi connectivity index (χ4v) is 3.35. The Hall–Kier alpha value is -2.60. The number of carbonyl (C=O) groups is 1. The molecular formula is C19H17N3O2S. The Balaban J connectivity index is 1.56. The largest absolute Gasteiger partial charge is 0.411 e. The minimum absolute atomic E-state index is 0.0156. The smallest absolute Gasteiger partial charge is 0.277 e. The molecule has 2 aromatic carbocycles. The first-order valence-electron chi connectivity index (χ1n) is 8.20. The maximum Gasteiger partial charge on any atom is 0.277 e. The highest BCUT2D eigenvalue weighted by Crippen LogP contribution is 2.36. The molecule has 126 valence electrons. The van der Waals surface area contributed by atoms with Crippen molar-refractivity contribution >= 4 is 17.7 Å². The minimum Gasteiger partial charge on any atom is -0.411 e. The number of benzene rings is 2. The van der Waals surface area contributed by atoms with E-state index in [1.165, 1.54) is 11.8 Å². The van der Waals surface area contributed by atoms with E-state index in [1.807, 2.05) is 60.7 Å². The zero-order valence-electron chi connectivity index (χ0n) is 13.5. The molecule has 0 unspecified atom stereocenters. The Kier molecular flexibility index (Phi) is 4.52. The summed E-state index contributed by atoms with van der Waals surface area (Å²) in [6, 6.07) is 19.6. The predicted molar refractivity (Wildman–Crippen MR) is 95.9 cm³/mol. The van der Waals surface area contributed by atoms with Crippen molar-refractivity contribution in [3.63, 3.8) is 0 Å². The summed E-state index contributed by atoms with van der Waals surface area (Å²) < 4.78 is 5.75. The van der Waals surface area contributed by atoms with Gasteiger partial charge in [0.25, 0.3) is 5.22 Å². The third-order valence-corrected chi connectivity index (χ3v) is 5.00. The fraction of sp³-hybridized carbons (Fsp3) is 0.211. The lowest BCUT2D eigenvalue weighted by atomic mass is 10.1. The predicted octanol–water partition coefficient (Wildman–Crippen LogP) is 3.85. The number of carbonyl (C=O) groups excluding carboxylic acids is 1. The average Bonchev–Trinajstić information content (AvgIpc) is 3.35. The molecule has 25 heavy (non-hydrogen) atoms. The van der Waals surface area contributed by atoms with Crippen molar-refractivity contribution < 1.29 is 9.21 Å². The Bertz CT molecular complexity index is 847. The molecule has 1 aromatic heterocycles. The van der Waals surface area contributed by atoms with Crippen LogP contribution in [0.1, 0.15) is 23.7 Å². The summed E-state index contributed by atoms with van der Waals surface area (Å²) in [5.74, 6) is 0.440. The molecule has 0 saturated heterocycles. The molecular weight excluding hydrogens is 334 g/mol. The SMILES string of the molecule is O=C(NC1CC1)[C@@H](Sc1nnc(-c2ccccc2)o1)c1ccccc1. The summed E-state index contributed by atoms with van der Waals surface area (Å²) in [5, 5.41) is 11.2. The second-order valence-electron chi connectivity index (χ2n) is 5.93. The molecule has 0 aliphatic heterocycles. The Labute approximate surface area is 149 Å². The quantitative estimate of drug-likeness (QED) is 0.683. The van der Waals surface area contributed by atoms with Gasteiger partial charge in [-0.3, -0.25) is 4.79 Å². The van der Waals surface area contributed by atoms with Gasteiger partial charge in [0.2, 0.25) is 11.8 Å². The van der Waals surface area contributed by atoms with Crippen molar-refractivity contribution in [2.24, 2.45) is 0 Å². The molecule has 4 rings (SSSR count). The van der Waals surface area contributed by atoms with E-state index in [1.54, 1.807) is 0 Å². The molecule has 0 radical (unpaired) electrons. The molecule has 6 heteroatoms. The average molecular weight is 351 g/mol. The van der Waals surface area contributed by atoms with Gasteiger partial charge in [-0.1, -0.05) is 48.5 Å². The van der Waals surface area contributed by atoms with Gasteiger partial charge in [0, 0.05) is 11.6 Å². The highest BCUT2D eigenvalue weighted by atomic mass is 32.2. The van der Waals surface area contributed by atoms with Crippen molar-refractivity contribution in [3.8, 4) is 11.5 Å². The first-order chi connectivity index (χ1) is 12.3. The van der Waals surface area contributed by atoms with Gasteiger partial charge < -0.3 is 9.73 Å². The zero-order valence-corrected chi connectivity index (χ0v) is 14.3. The fourth-order valence-electron chi connectivity index (χ4n) is 2.46. The minimum atomic E-state index is -0.411. The summed E-state index contributed by atoms with van der Waals surface area (Å²) in [6.45, 7) is 0.